The second kappa shape index (κ2) is 10.8. The molecule has 2 aromatic rings. The summed E-state index contributed by atoms with van der Waals surface area (Å²) < 4.78 is 7.15. The number of aliphatic hydroxyl groups is 1. The molecule has 31 heavy (non-hydrogen) atoms. The highest BCUT2D eigenvalue weighted by Crippen LogP contribution is 2.31. The number of para-hydroxylation sites is 1. The quantitative estimate of drug-likeness (QED) is 0.270. The first-order valence-corrected chi connectivity index (χ1v) is 10.6. The lowest BCUT2D eigenvalue weighted by molar-refractivity contribution is 0.127. The molecule has 1 aliphatic heterocycles. The van der Waals surface area contributed by atoms with Crippen LogP contribution in [-0.4, -0.2) is 60.8 Å². The van der Waals surface area contributed by atoms with Gasteiger partial charge in [-0.15, -0.1) is 0 Å². The number of aromatic nitrogens is 2. The maximum atomic E-state index is 9.53. The van der Waals surface area contributed by atoms with Crippen LogP contribution in [0.3, 0.4) is 0 Å². The van der Waals surface area contributed by atoms with Gasteiger partial charge in [-0.1, -0.05) is 18.2 Å². The number of nitrogens with two attached hydrogens (primary N) is 1. The maximum Gasteiger partial charge on any atom is 0.190 e. The van der Waals surface area contributed by atoms with Crippen molar-refractivity contribution >= 4 is 11.8 Å². The minimum atomic E-state index is -0.0458. The lowest BCUT2D eigenvalue weighted by Crippen LogP contribution is -2.44. The van der Waals surface area contributed by atoms with Crippen molar-refractivity contribution in [3.05, 3.63) is 41.6 Å². The number of anilines is 1. The molecule has 166 valence electrons. The zero-order valence-electron chi connectivity index (χ0n) is 18.0. The molecule has 1 aromatic carbocycles. The Bertz CT molecular complexity index is 912. The van der Waals surface area contributed by atoms with Crippen LogP contribution in [-0.2, 0) is 11.2 Å². The summed E-state index contributed by atoms with van der Waals surface area (Å²) in [7, 11) is 1.73. The molecular formula is C22H31N7O2. The number of rotatable bonds is 9. The Morgan fingerprint density at radius 3 is 2.84 bits per heavy atom. The standard InChI is InChI=1S/C22H31N7O2/c1-25-21(27-15-22(9-12-30)10-13-31-16-22)26-11-5-8-19-18(14-23)20(24)29(28-19)17-6-3-2-4-7-17/h2-4,6-7,30H,5,8-13,15-16,24H2,1H3,(H2,25,26,27). The SMILES string of the molecule is CN=C(NCCCc1nn(-c2ccccc2)c(N)c1C#N)NCC1(CCO)CCOC1. The van der Waals surface area contributed by atoms with Crippen LogP contribution in [0.25, 0.3) is 5.69 Å². The van der Waals surface area contributed by atoms with Crippen molar-refractivity contribution in [2.45, 2.75) is 25.7 Å². The summed E-state index contributed by atoms with van der Waals surface area (Å²) in [6, 6.07) is 11.7. The van der Waals surface area contributed by atoms with Gasteiger partial charge in [0.15, 0.2) is 5.96 Å². The Morgan fingerprint density at radius 2 is 2.19 bits per heavy atom. The highest BCUT2D eigenvalue weighted by Gasteiger charge is 2.34. The van der Waals surface area contributed by atoms with Crippen LogP contribution in [0, 0.1) is 16.7 Å². The van der Waals surface area contributed by atoms with Crippen molar-refractivity contribution in [1.82, 2.24) is 20.4 Å². The van der Waals surface area contributed by atoms with Crippen molar-refractivity contribution in [1.29, 1.82) is 5.26 Å². The molecule has 0 radical (unpaired) electrons. The van der Waals surface area contributed by atoms with Gasteiger partial charge in [0.1, 0.15) is 17.5 Å². The topological polar surface area (TPSA) is 134 Å². The molecule has 1 unspecified atom stereocenters. The minimum absolute atomic E-state index is 0.0458. The van der Waals surface area contributed by atoms with E-state index in [1.165, 1.54) is 0 Å². The second-order valence-corrected chi connectivity index (χ2v) is 7.80. The number of aryl methyl sites for hydroxylation is 1. The Labute approximate surface area is 182 Å². The molecule has 0 amide bonds. The zero-order chi connectivity index (χ0) is 22.1. The number of benzene rings is 1. The van der Waals surface area contributed by atoms with Gasteiger partial charge in [0.2, 0.25) is 0 Å². The third-order valence-electron chi connectivity index (χ3n) is 5.67. The van der Waals surface area contributed by atoms with Gasteiger partial charge < -0.3 is 26.2 Å². The minimum Gasteiger partial charge on any atom is -0.396 e. The first-order valence-electron chi connectivity index (χ1n) is 10.6. The summed E-state index contributed by atoms with van der Waals surface area (Å²) in [6.45, 7) is 2.90. The van der Waals surface area contributed by atoms with E-state index in [0.29, 0.717) is 55.6 Å². The molecule has 1 fully saturated rings. The van der Waals surface area contributed by atoms with Crippen LogP contribution in [0.2, 0.25) is 0 Å². The van der Waals surface area contributed by atoms with Crippen LogP contribution in [0.4, 0.5) is 5.82 Å². The van der Waals surface area contributed by atoms with Crippen molar-refractivity contribution in [3.63, 3.8) is 0 Å². The molecule has 0 aliphatic carbocycles. The van der Waals surface area contributed by atoms with E-state index in [1.807, 2.05) is 30.3 Å². The molecule has 0 bridgehead atoms. The van der Waals surface area contributed by atoms with Gasteiger partial charge in [-0.05, 0) is 37.8 Å². The van der Waals surface area contributed by atoms with Gasteiger partial charge in [-0.2, -0.15) is 10.4 Å². The number of hydrogen-bond donors (Lipinski definition) is 4. The summed E-state index contributed by atoms with van der Waals surface area (Å²) in [6.07, 6.45) is 3.03. The first kappa shape index (κ1) is 22.6. The smallest absolute Gasteiger partial charge is 0.190 e. The molecule has 9 heteroatoms. The van der Waals surface area contributed by atoms with Gasteiger partial charge in [-0.3, -0.25) is 4.99 Å². The Balaban J connectivity index is 1.52. The number of hydrogen-bond acceptors (Lipinski definition) is 6. The highest BCUT2D eigenvalue weighted by atomic mass is 16.5. The summed E-state index contributed by atoms with van der Waals surface area (Å²) in [4.78, 5) is 4.28. The van der Waals surface area contributed by atoms with Crippen LogP contribution in [0.1, 0.15) is 30.5 Å². The number of aliphatic imine (C=N–C) groups is 1. The summed E-state index contributed by atoms with van der Waals surface area (Å²) in [5.41, 5.74) is 8.07. The molecule has 0 saturated carbocycles. The molecule has 5 N–H and O–H groups in total. The molecule has 3 rings (SSSR count). The van der Waals surface area contributed by atoms with Crippen molar-refractivity contribution in [2.24, 2.45) is 10.4 Å². The Hall–Kier alpha value is -3.09. The summed E-state index contributed by atoms with van der Waals surface area (Å²) >= 11 is 0. The lowest BCUT2D eigenvalue weighted by Gasteiger charge is -2.27. The van der Waals surface area contributed by atoms with Crippen LogP contribution >= 0.6 is 0 Å². The van der Waals surface area contributed by atoms with Crippen molar-refractivity contribution in [3.8, 4) is 11.8 Å². The molecule has 1 saturated heterocycles. The van der Waals surface area contributed by atoms with E-state index in [1.54, 1.807) is 11.7 Å². The van der Waals surface area contributed by atoms with E-state index in [0.717, 1.165) is 25.1 Å². The monoisotopic (exact) mass is 425 g/mol. The molecule has 0 spiro atoms. The fraction of sp³-hybridized carbons (Fsp3) is 0.500. The highest BCUT2D eigenvalue weighted by molar-refractivity contribution is 5.79. The lowest BCUT2D eigenvalue weighted by atomic mass is 9.84. The Kier molecular flexibility index (Phi) is 7.87. The fourth-order valence-electron chi connectivity index (χ4n) is 3.81. The summed E-state index contributed by atoms with van der Waals surface area (Å²) in [5, 5.41) is 30.1. The average Bonchev–Trinajstić information content (AvgIpc) is 3.38. The number of nitriles is 1. The van der Waals surface area contributed by atoms with Gasteiger partial charge in [0.25, 0.3) is 0 Å². The third kappa shape index (κ3) is 5.54. The normalized spacial score (nSPS) is 18.7. The number of nitrogens with one attached hydrogen (secondary N) is 2. The number of aliphatic hydroxyl groups excluding tert-OH is 1. The molecule has 1 aromatic heterocycles. The van der Waals surface area contributed by atoms with Crippen molar-refractivity contribution < 1.29 is 9.84 Å². The molecule has 9 nitrogen and oxygen atoms in total. The fourth-order valence-corrected chi connectivity index (χ4v) is 3.81. The van der Waals surface area contributed by atoms with Gasteiger partial charge >= 0.3 is 0 Å². The maximum absolute atomic E-state index is 9.53. The Morgan fingerprint density at radius 1 is 1.39 bits per heavy atom. The van der Waals surface area contributed by atoms with E-state index >= 15 is 0 Å². The predicted molar refractivity (Wildman–Crippen MR) is 120 cm³/mol. The second-order valence-electron chi connectivity index (χ2n) is 7.80. The largest absolute Gasteiger partial charge is 0.396 e. The van der Waals surface area contributed by atoms with Crippen LogP contribution < -0.4 is 16.4 Å². The molecule has 2 heterocycles. The van der Waals surface area contributed by atoms with Gasteiger partial charge in [0.05, 0.1) is 18.0 Å². The number of ether oxygens (including phenoxy) is 1. The van der Waals surface area contributed by atoms with E-state index in [-0.39, 0.29) is 12.0 Å². The zero-order valence-corrected chi connectivity index (χ0v) is 18.0. The number of guanidine groups is 1. The predicted octanol–water partition coefficient (Wildman–Crippen LogP) is 1.21. The number of nitrogens with zero attached hydrogens (tertiary/aromatic N) is 4. The van der Waals surface area contributed by atoms with E-state index in [2.05, 4.69) is 26.8 Å². The van der Waals surface area contributed by atoms with E-state index in [9.17, 15) is 10.4 Å². The van der Waals surface area contributed by atoms with Gasteiger partial charge in [-0.25, -0.2) is 4.68 Å². The number of nitrogen functional groups attached to an aromatic ring is 1. The third-order valence-corrected chi connectivity index (χ3v) is 5.67. The summed E-state index contributed by atoms with van der Waals surface area (Å²) in [5.74, 6) is 1.07. The average molecular weight is 426 g/mol. The first-order chi connectivity index (χ1) is 15.1. The van der Waals surface area contributed by atoms with Crippen LogP contribution in [0.15, 0.2) is 35.3 Å². The molecule has 1 atom stereocenters. The van der Waals surface area contributed by atoms with Gasteiger partial charge in [0, 0.05) is 38.8 Å². The van der Waals surface area contributed by atoms with E-state index in [4.69, 9.17) is 10.5 Å². The van der Waals surface area contributed by atoms with Crippen LogP contribution in [0.5, 0.6) is 0 Å². The molecular weight excluding hydrogens is 394 g/mol. The molecule has 1 aliphatic rings. The van der Waals surface area contributed by atoms with Crippen molar-refractivity contribution in [2.75, 3.05) is 45.7 Å². The van der Waals surface area contributed by atoms with E-state index < -0.39 is 0 Å².